The lowest BCUT2D eigenvalue weighted by molar-refractivity contribution is 0.905. The Balaban J connectivity index is 1.95. The molecule has 88 valence electrons. The van der Waals surface area contributed by atoms with Crippen LogP contribution in [0.25, 0.3) is 6.08 Å². The van der Waals surface area contributed by atoms with Crippen LogP contribution in [-0.2, 0) is 0 Å². The minimum atomic E-state index is 0.634. The topological polar surface area (TPSA) is 0 Å². The van der Waals surface area contributed by atoms with E-state index in [1.165, 1.54) is 28.7 Å². The van der Waals surface area contributed by atoms with Gasteiger partial charge < -0.3 is 0 Å². The van der Waals surface area contributed by atoms with Gasteiger partial charge in [-0.1, -0.05) is 66.3 Å². The second-order valence-electron chi connectivity index (χ2n) is 5.11. The van der Waals surface area contributed by atoms with Crippen molar-refractivity contribution in [1.29, 1.82) is 0 Å². The molecule has 1 aromatic rings. The molecule has 0 amide bonds. The first-order chi connectivity index (χ1) is 8.08. The molecule has 0 spiro atoms. The van der Waals surface area contributed by atoms with Crippen LogP contribution in [0.15, 0.2) is 54.6 Å². The summed E-state index contributed by atoms with van der Waals surface area (Å²) >= 11 is 0. The molecule has 2 atom stereocenters. The third-order valence-electron chi connectivity index (χ3n) is 3.47. The number of hydrogen-bond acceptors (Lipinski definition) is 0. The maximum atomic E-state index is 4.15. The molecule has 0 aliphatic heterocycles. The first-order valence-electron chi connectivity index (χ1n) is 6.17. The summed E-state index contributed by atoms with van der Waals surface area (Å²) in [5.41, 5.74) is 5.06. The van der Waals surface area contributed by atoms with Gasteiger partial charge in [0.1, 0.15) is 0 Å². The predicted molar refractivity (Wildman–Crippen MR) is 75.8 cm³/mol. The summed E-state index contributed by atoms with van der Waals surface area (Å²) in [7, 11) is 0. The molecule has 0 bridgehead atoms. The van der Waals surface area contributed by atoms with Gasteiger partial charge in [0, 0.05) is 0 Å². The van der Waals surface area contributed by atoms with Gasteiger partial charge >= 0.3 is 0 Å². The summed E-state index contributed by atoms with van der Waals surface area (Å²) in [6, 6.07) is 8.55. The fraction of sp³-hybridized carbons (Fsp3) is 0.294. The molecule has 1 fully saturated rings. The molecule has 2 rings (SSSR count). The molecule has 0 radical (unpaired) electrons. The van der Waals surface area contributed by atoms with E-state index in [1.807, 2.05) is 0 Å². The van der Waals surface area contributed by atoms with Crippen molar-refractivity contribution in [2.24, 2.45) is 11.8 Å². The number of hydrogen-bond donors (Lipinski definition) is 0. The third-order valence-corrected chi connectivity index (χ3v) is 3.47. The molecular weight excluding hydrogens is 204 g/mol. The van der Waals surface area contributed by atoms with Crippen LogP contribution in [0, 0.1) is 18.8 Å². The van der Waals surface area contributed by atoms with E-state index in [0.29, 0.717) is 11.8 Å². The molecule has 0 heterocycles. The van der Waals surface area contributed by atoms with Gasteiger partial charge in [0.15, 0.2) is 0 Å². The summed E-state index contributed by atoms with van der Waals surface area (Å²) in [5.74, 6) is 1.30. The van der Waals surface area contributed by atoms with Gasteiger partial charge in [0.25, 0.3) is 0 Å². The van der Waals surface area contributed by atoms with Crippen molar-refractivity contribution in [1.82, 2.24) is 0 Å². The van der Waals surface area contributed by atoms with Crippen LogP contribution in [0.4, 0.5) is 0 Å². The quantitative estimate of drug-likeness (QED) is 0.510. The standard InChI is InChI=1S/C17H20/c1-12(2)16-11-17(16)14(4)7-10-15-8-5-13(3)6-9-15/h5-10,16-17H,1,4,11H2,2-3H3/b10-7+. The highest BCUT2D eigenvalue weighted by molar-refractivity contribution is 5.54. The molecule has 0 nitrogen and oxygen atoms in total. The van der Waals surface area contributed by atoms with E-state index in [1.54, 1.807) is 0 Å². The van der Waals surface area contributed by atoms with Gasteiger partial charge in [-0.2, -0.15) is 0 Å². The van der Waals surface area contributed by atoms with Crippen molar-refractivity contribution < 1.29 is 0 Å². The fourth-order valence-corrected chi connectivity index (χ4v) is 2.15. The van der Waals surface area contributed by atoms with E-state index >= 15 is 0 Å². The fourth-order valence-electron chi connectivity index (χ4n) is 2.15. The molecule has 0 N–H and O–H groups in total. The Hall–Kier alpha value is -1.56. The lowest BCUT2D eigenvalue weighted by Gasteiger charge is -1.99. The smallest absolute Gasteiger partial charge is 0.00963 e. The van der Waals surface area contributed by atoms with Crippen LogP contribution in [0.1, 0.15) is 24.5 Å². The molecule has 0 aromatic heterocycles. The highest BCUT2D eigenvalue weighted by Crippen LogP contribution is 2.48. The molecule has 17 heavy (non-hydrogen) atoms. The second kappa shape index (κ2) is 4.75. The maximum Gasteiger partial charge on any atom is -0.00963 e. The van der Waals surface area contributed by atoms with Crippen molar-refractivity contribution in [3.05, 3.63) is 65.8 Å². The average Bonchev–Trinajstić information content (AvgIpc) is 3.08. The molecule has 0 heteroatoms. The molecule has 1 aliphatic rings. The number of rotatable bonds is 4. The van der Waals surface area contributed by atoms with E-state index in [-0.39, 0.29) is 0 Å². The van der Waals surface area contributed by atoms with E-state index in [9.17, 15) is 0 Å². The zero-order valence-electron chi connectivity index (χ0n) is 10.7. The van der Waals surface area contributed by atoms with Crippen LogP contribution < -0.4 is 0 Å². The summed E-state index contributed by atoms with van der Waals surface area (Å²) in [5, 5.41) is 0. The average molecular weight is 224 g/mol. The summed E-state index contributed by atoms with van der Waals surface area (Å²) in [6.45, 7) is 12.4. The minimum Gasteiger partial charge on any atom is -0.0998 e. The Morgan fingerprint density at radius 2 is 1.82 bits per heavy atom. The molecule has 1 aliphatic carbocycles. The first-order valence-corrected chi connectivity index (χ1v) is 6.17. The number of benzene rings is 1. The van der Waals surface area contributed by atoms with Crippen molar-refractivity contribution in [2.75, 3.05) is 0 Å². The van der Waals surface area contributed by atoms with E-state index in [0.717, 1.165) is 0 Å². The first kappa shape index (κ1) is 11.9. The van der Waals surface area contributed by atoms with Gasteiger partial charge in [-0.15, -0.1) is 0 Å². The van der Waals surface area contributed by atoms with E-state index in [4.69, 9.17) is 0 Å². The van der Waals surface area contributed by atoms with Crippen molar-refractivity contribution in [3.63, 3.8) is 0 Å². The van der Waals surface area contributed by atoms with Crippen molar-refractivity contribution in [2.45, 2.75) is 20.3 Å². The molecular formula is C17H20. The van der Waals surface area contributed by atoms with Crippen LogP contribution in [0.5, 0.6) is 0 Å². The molecule has 2 unspecified atom stereocenters. The van der Waals surface area contributed by atoms with Crippen LogP contribution in [0.3, 0.4) is 0 Å². The van der Waals surface area contributed by atoms with Gasteiger partial charge in [-0.05, 0) is 37.7 Å². The van der Waals surface area contributed by atoms with Crippen molar-refractivity contribution in [3.8, 4) is 0 Å². The third kappa shape index (κ3) is 2.97. The van der Waals surface area contributed by atoms with Gasteiger partial charge in [-0.3, -0.25) is 0 Å². The Morgan fingerprint density at radius 1 is 1.18 bits per heavy atom. The summed E-state index contributed by atoms with van der Waals surface area (Å²) in [6.07, 6.45) is 5.53. The molecule has 1 aromatic carbocycles. The summed E-state index contributed by atoms with van der Waals surface area (Å²) < 4.78 is 0. The van der Waals surface area contributed by atoms with Gasteiger partial charge in [0.2, 0.25) is 0 Å². The molecule has 1 saturated carbocycles. The Bertz CT molecular complexity index is 459. The van der Waals surface area contributed by atoms with E-state index in [2.05, 4.69) is 63.4 Å². The van der Waals surface area contributed by atoms with Crippen molar-refractivity contribution >= 4 is 6.08 Å². The predicted octanol–water partition coefficient (Wildman–Crippen LogP) is 4.78. The number of allylic oxidation sites excluding steroid dienone is 3. The Morgan fingerprint density at radius 3 is 2.35 bits per heavy atom. The highest BCUT2D eigenvalue weighted by atomic mass is 14.4. The summed E-state index contributed by atoms with van der Waals surface area (Å²) in [4.78, 5) is 0. The highest BCUT2D eigenvalue weighted by Gasteiger charge is 2.38. The Kier molecular flexibility index (Phi) is 3.33. The largest absolute Gasteiger partial charge is 0.0998 e. The monoisotopic (exact) mass is 224 g/mol. The Labute approximate surface area is 104 Å². The second-order valence-corrected chi connectivity index (χ2v) is 5.11. The lowest BCUT2D eigenvalue weighted by Crippen LogP contribution is -1.85. The minimum absolute atomic E-state index is 0.634. The van der Waals surface area contributed by atoms with Gasteiger partial charge in [0.05, 0.1) is 0 Å². The zero-order valence-corrected chi connectivity index (χ0v) is 10.7. The van der Waals surface area contributed by atoms with Crippen LogP contribution >= 0.6 is 0 Å². The van der Waals surface area contributed by atoms with Crippen LogP contribution in [0.2, 0.25) is 0 Å². The zero-order chi connectivity index (χ0) is 12.4. The lowest BCUT2D eigenvalue weighted by atomic mass is 10.1. The SMILES string of the molecule is C=C(C)C1CC1C(=C)/C=C/c1ccc(C)cc1. The van der Waals surface area contributed by atoms with Crippen LogP contribution in [-0.4, -0.2) is 0 Å². The number of aryl methyl sites for hydroxylation is 1. The normalized spacial score (nSPS) is 22.7. The van der Waals surface area contributed by atoms with Gasteiger partial charge in [-0.25, -0.2) is 0 Å². The van der Waals surface area contributed by atoms with E-state index < -0.39 is 0 Å². The molecule has 0 saturated heterocycles. The maximum absolute atomic E-state index is 4.15.